The van der Waals surface area contributed by atoms with Crippen molar-refractivity contribution in [2.45, 2.75) is 5.37 Å². The Morgan fingerprint density at radius 2 is 2.22 bits per heavy atom. The molecule has 0 radical (unpaired) electrons. The molecule has 1 fully saturated rings. The average Bonchev–Trinajstić information content (AvgIpc) is 2.71. The van der Waals surface area contributed by atoms with Gasteiger partial charge in [0, 0.05) is 0 Å². The molecular formula is C11H13N3O2S2. The molecule has 0 aliphatic carbocycles. The van der Waals surface area contributed by atoms with Crippen LogP contribution in [0.25, 0.3) is 0 Å². The molecule has 1 aliphatic heterocycles. The van der Waals surface area contributed by atoms with E-state index >= 15 is 0 Å². The van der Waals surface area contributed by atoms with Gasteiger partial charge in [-0.15, -0.1) is 11.8 Å². The van der Waals surface area contributed by atoms with Crippen LogP contribution in [0.4, 0.5) is 0 Å². The zero-order chi connectivity index (χ0) is 13.1. The molecule has 1 heterocycles. The normalized spacial score (nSPS) is 18.8. The maximum atomic E-state index is 11.7. The van der Waals surface area contributed by atoms with E-state index in [0.29, 0.717) is 5.75 Å². The molecule has 1 aliphatic rings. The molecule has 18 heavy (non-hydrogen) atoms. The van der Waals surface area contributed by atoms with E-state index < -0.39 is 0 Å². The summed E-state index contributed by atoms with van der Waals surface area (Å²) in [5.74, 6) is 1.15. The first-order valence-corrected chi connectivity index (χ1v) is 6.71. The first-order chi connectivity index (χ1) is 8.61. The smallest absolute Gasteiger partial charge is 0.252 e. The van der Waals surface area contributed by atoms with Gasteiger partial charge in [0.05, 0.1) is 12.9 Å². The Hall–Kier alpha value is -1.47. The van der Waals surface area contributed by atoms with E-state index in [1.165, 1.54) is 16.8 Å². The number of carbonyl (C=O) groups is 1. The van der Waals surface area contributed by atoms with Crippen LogP contribution in [0.1, 0.15) is 10.9 Å². The van der Waals surface area contributed by atoms with Gasteiger partial charge in [-0.1, -0.05) is 12.1 Å². The maximum Gasteiger partial charge on any atom is 0.252 e. The number of amides is 1. The molecule has 0 spiro atoms. The lowest BCUT2D eigenvalue weighted by Crippen LogP contribution is -2.46. The Bertz CT molecular complexity index is 464. The Morgan fingerprint density at radius 3 is 2.78 bits per heavy atom. The lowest BCUT2D eigenvalue weighted by Gasteiger charge is -2.24. The highest BCUT2D eigenvalue weighted by Crippen LogP contribution is 2.37. The van der Waals surface area contributed by atoms with Crippen LogP contribution in [0.2, 0.25) is 0 Å². The number of nitrogens with two attached hydrogens (primary N) is 1. The van der Waals surface area contributed by atoms with Crippen LogP contribution in [0, 0.1) is 0 Å². The molecule has 7 heteroatoms. The summed E-state index contributed by atoms with van der Waals surface area (Å²) in [6.45, 7) is 0. The molecule has 1 aromatic carbocycles. The van der Waals surface area contributed by atoms with Gasteiger partial charge in [-0.3, -0.25) is 10.2 Å². The number of hydrogen-bond acceptors (Lipinski definition) is 4. The fourth-order valence-electron chi connectivity index (χ4n) is 1.68. The van der Waals surface area contributed by atoms with Crippen LogP contribution in [0.3, 0.4) is 0 Å². The number of benzene rings is 1. The predicted molar refractivity (Wildman–Crippen MR) is 75.0 cm³/mol. The molecule has 0 saturated carbocycles. The van der Waals surface area contributed by atoms with Crippen molar-refractivity contribution in [3.63, 3.8) is 0 Å². The number of ether oxygens (including phenoxy) is 1. The minimum absolute atomic E-state index is 0.0337. The third-order valence-electron chi connectivity index (χ3n) is 2.50. The quantitative estimate of drug-likeness (QED) is 0.807. The van der Waals surface area contributed by atoms with Crippen LogP contribution in [-0.4, -0.2) is 28.9 Å². The van der Waals surface area contributed by atoms with E-state index in [9.17, 15) is 4.79 Å². The van der Waals surface area contributed by atoms with E-state index in [2.05, 4.69) is 5.43 Å². The lowest BCUT2D eigenvalue weighted by molar-refractivity contribution is -0.129. The van der Waals surface area contributed by atoms with Gasteiger partial charge in [0.25, 0.3) is 5.91 Å². The van der Waals surface area contributed by atoms with Gasteiger partial charge in [0.2, 0.25) is 0 Å². The van der Waals surface area contributed by atoms with Crippen molar-refractivity contribution >= 4 is 35.0 Å². The minimum atomic E-state index is -0.120. The SMILES string of the molecule is COc1ccc(C2SCC(=O)N2NC(N)=S)cc1. The van der Waals surface area contributed by atoms with Crippen molar-refractivity contribution in [1.29, 1.82) is 0 Å². The second-order valence-corrected chi connectivity index (χ2v) is 5.18. The largest absolute Gasteiger partial charge is 0.497 e. The molecule has 1 saturated heterocycles. The number of methoxy groups -OCH3 is 1. The summed E-state index contributed by atoms with van der Waals surface area (Å²) in [4.78, 5) is 11.7. The third kappa shape index (κ3) is 2.68. The van der Waals surface area contributed by atoms with Crippen LogP contribution in [0.5, 0.6) is 5.75 Å². The monoisotopic (exact) mass is 283 g/mol. The number of nitrogens with zero attached hydrogens (tertiary/aromatic N) is 1. The summed E-state index contributed by atoms with van der Waals surface area (Å²) in [6, 6.07) is 7.56. The number of thiocarbonyl (C=S) groups is 1. The third-order valence-corrected chi connectivity index (χ3v) is 3.80. The van der Waals surface area contributed by atoms with Gasteiger partial charge >= 0.3 is 0 Å². The molecule has 1 aromatic rings. The number of hydrogen-bond donors (Lipinski definition) is 2. The van der Waals surface area contributed by atoms with E-state index in [1.54, 1.807) is 7.11 Å². The standard InChI is InChI=1S/C11H13N3O2S2/c1-16-8-4-2-7(3-5-8)10-14(13-11(12)17)9(15)6-18-10/h2-5,10H,6H2,1H3,(H3,12,13,17). The molecule has 1 atom stereocenters. The first kappa shape index (κ1) is 13.0. The highest BCUT2D eigenvalue weighted by molar-refractivity contribution is 8.00. The highest BCUT2D eigenvalue weighted by Gasteiger charge is 2.33. The molecule has 1 unspecified atom stereocenters. The maximum absolute atomic E-state index is 11.7. The fraction of sp³-hybridized carbons (Fsp3) is 0.273. The van der Waals surface area contributed by atoms with Crippen LogP contribution < -0.4 is 15.9 Å². The predicted octanol–water partition coefficient (Wildman–Crippen LogP) is 1.02. The molecule has 96 valence electrons. The number of hydrazine groups is 1. The van der Waals surface area contributed by atoms with Crippen LogP contribution in [0.15, 0.2) is 24.3 Å². The molecule has 3 N–H and O–H groups in total. The van der Waals surface area contributed by atoms with E-state index in [0.717, 1.165) is 11.3 Å². The second kappa shape index (κ2) is 5.45. The zero-order valence-electron chi connectivity index (χ0n) is 9.75. The van der Waals surface area contributed by atoms with Crippen molar-refractivity contribution in [2.75, 3.05) is 12.9 Å². The summed E-state index contributed by atoms with van der Waals surface area (Å²) in [7, 11) is 1.61. The first-order valence-electron chi connectivity index (χ1n) is 5.25. The number of rotatable bonds is 3. The van der Waals surface area contributed by atoms with Crippen LogP contribution >= 0.6 is 24.0 Å². The van der Waals surface area contributed by atoms with Gasteiger partial charge < -0.3 is 10.5 Å². The fourth-order valence-corrected chi connectivity index (χ4v) is 2.89. The minimum Gasteiger partial charge on any atom is -0.497 e. The molecule has 2 rings (SSSR count). The Morgan fingerprint density at radius 1 is 1.56 bits per heavy atom. The Balaban J connectivity index is 2.19. The second-order valence-electron chi connectivity index (χ2n) is 3.68. The molecule has 0 bridgehead atoms. The van der Waals surface area contributed by atoms with Gasteiger partial charge in [0.15, 0.2) is 5.11 Å². The van der Waals surface area contributed by atoms with Gasteiger partial charge in [-0.05, 0) is 29.9 Å². The zero-order valence-corrected chi connectivity index (χ0v) is 11.4. The van der Waals surface area contributed by atoms with E-state index in [-0.39, 0.29) is 16.4 Å². The Kier molecular flexibility index (Phi) is 3.93. The molecule has 0 aromatic heterocycles. The van der Waals surface area contributed by atoms with Crippen molar-refractivity contribution in [2.24, 2.45) is 5.73 Å². The van der Waals surface area contributed by atoms with Crippen molar-refractivity contribution in [3.8, 4) is 5.75 Å². The van der Waals surface area contributed by atoms with Gasteiger partial charge in [-0.25, -0.2) is 5.01 Å². The highest BCUT2D eigenvalue weighted by atomic mass is 32.2. The topological polar surface area (TPSA) is 67.6 Å². The molecule has 5 nitrogen and oxygen atoms in total. The average molecular weight is 283 g/mol. The summed E-state index contributed by atoms with van der Waals surface area (Å²) >= 11 is 6.30. The summed E-state index contributed by atoms with van der Waals surface area (Å²) in [5.41, 5.74) is 9.12. The molecular weight excluding hydrogens is 270 g/mol. The number of carbonyl (C=O) groups excluding carboxylic acids is 1. The van der Waals surface area contributed by atoms with Crippen molar-refractivity contribution in [1.82, 2.24) is 10.4 Å². The summed E-state index contributed by atoms with van der Waals surface area (Å²) in [5, 5.41) is 1.43. The molecule has 1 amide bonds. The van der Waals surface area contributed by atoms with Gasteiger partial charge in [0.1, 0.15) is 11.1 Å². The van der Waals surface area contributed by atoms with E-state index in [1.807, 2.05) is 24.3 Å². The van der Waals surface area contributed by atoms with Crippen LogP contribution in [-0.2, 0) is 4.79 Å². The van der Waals surface area contributed by atoms with Crippen molar-refractivity contribution in [3.05, 3.63) is 29.8 Å². The number of nitrogens with one attached hydrogen (secondary N) is 1. The Labute approximate surface area is 115 Å². The van der Waals surface area contributed by atoms with Crippen molar-refractivity contribution < 1.29 is 9.53 Å². The number of thioether (sulfide) groups is 1. The van der Waals surface area contributed by atoms with Gasteiger partial charge in [-0.2, -0.15) is 0 Å². The summed E-state index contributed by atoms with van der Waals surface area (Å²) < 4.78 is 5.10. The summed E-state index contributed by atoms with van der Waals surface area (Å²) in [6.07, 6.45) is 0. The lowest BCUT2D eigenvalue weighted by atomic mass is 10.2. The van der Waals surface area contributed by atoms with E-state index in [4.69, 9.17) is 22.7 Å².